The topological polar surface area (TPSA) is 64.4 Å². The zero-order chi connectivity index (χ0) is 22.3. The number of benzene rings is 3. The molecule has 2 aliphatic rings. The van der Waals surface area contributed by atoms with E-state index in [2.05, 4.69) is 6.07 Å². The average molecular weight is 444 g/mol. The van der Waals surface area contributed by atoms with Gasteiger partial charge in [-0.3, -0.25) is 9.59 Å². The van der Waals surface area contributed by atoms with Crippen molar-refractivity contribution in [2.75, 3.05) is 17.2 Å². The molecular formula is C25H18FN3O2S. The number of anilines is 1. The second-order valence-electron chi connectivity index (χ2n) is 7.68. The summed E-state index contributed by atoms with van der Waals surface area (Å²) in [5.41, 5.74) is 2.85. The number of nitrogens with zero attached hydrogens (tertiary/aromatic N) is 3. The number of hydrogen-bond acceptors (Lipinski definition) is 4. The average Bonchev–Trinajstić information content (AvgIpc) is 3.36. The SMILES string of the molecule is N#Cc1cccc(CN2C(=O)C3(SCCN3C(=O)c3ccccc3)c3cc(F)ccc32)c1. The lowest BCUT2D eigenvalue weighted by Crippen LogP contribution is -2.50. The van der Waals surface area contributed by atoms with Crippen molar-refractivity contribution in [1.29, 1.82) is 5.26 Å². The molecule has 0 aliphatic carbocycles. The van der Waals surface area contributed by atoms with Crippen molar-refractivity contribution in [3.8, 4) is 6.07 Å². The smallest absolute Gasteiger partial charge is 0.268 e. The van der Waals surface area contributed by atoms with Gasteiger partial charge in [0.05, 0.1) is 23.9 Å². The Morgan fingerprint density at radius 2 is 1.91 bits per heavy atom. The maximum atomic E-state index is 14.4. The third-order valence-corrected chi connectivity index (χ3v) is 7.24. The Hall–Kier alpha value is -3.63. The van der Waals surface area contributed by atoms with E-state index in [1.54, 1.807) is 58.3 Å². The Morgan fingerprint density at radius 1 is 1.09 bits per heavy atom. The van der Waals surface area contributed by atoms with Gasteiger partial charge in [0.2, 0.25) is 0 Å². The molecule has 0 radical (unpaired) electrons. The summed E-state index contributed by atoms with van der Waals surface area (Å²) in [7, 11) is 0. The van der Waals surface area contributed by atoms with Crippen LogP contribution in [0.15, 0.2) is 72.8 Å². The molecular weight excluding hydrogens is 425 g/mol. The molecule has 1 spiro atoms. The summed E-state index contributed by atoms with van der Waals surface area (Å²) in [4.78, 5) is 29.2. The van der Waals surface area contributed by atoms with E-state index in [1.165, 1.54) is 23.9 Å². The highest BCUT2D eigenvalue weighted by molar-refractivity contribution is 8.01. The number of fused-ring (bicyclic) bond motifs is 2. The van der Waals surface area contributed by atoms with Crippen molar-refractivity contribution in [3.63, 3.8) is 0 Å². The van der Waals surface area contributed by atoms with E-state index in [-0.39, 0.29) is 18.4 Å². The van der Waals surface area contributed by atoms with Crippen molar-refractivity contribution in [2.24, 2.45) is 0 Å². The van der Waals surface area contributed by atoms with E-state index in [0.29, 0.717) is 34.7 Å². The van der Waals surface area contributed by atoms with Gasteiger partial charge in [-0.2, -0.15) is 5.26 Å². The van der Waals surface area contributed by atoms with E-state index in [1.807, 2.05) is 12.1 Å². The first-order chi connectivity index (χ1) is 15.5. The molecule has 2 heterocycles. The number of rotatable bonds is 3. The molecule has 1 saturated heterocycles. The van der Waals surface area contributed by atoms with Gasteiger partial charge in [0.15, 0.2) is 4.87 Å². The summed E-state index contributed by atoms with van der Waals surface area (Å²) in [6.07, 6.45) is 0. The Labute approximate surface area is 189 Å². The molecule has 0 bridgehead atoms. The Bertz CT molecular complexity index is 1270. The summed E-state index contributed by atoms with van der Waals surface area (Å²) in [5, 5.41) is 9.22. The second-order valence-corrected chi connectivity index (χ2v) is 8.97. The minimum atomic E-state index is -1.31. The first-order valence-corrected chi connectivity index (χ1v) is 11.1. The molecule has 0 aromatic heterocycles. The molecule has 5 nitrogen and oxygen atoms in total. The van der Waals surface area contributed by atoms with E-state index >= 15 is 0 Å². The predicted molar refractivity (Wildman–Crippen MR) is 120 cm³/mol. The lowest BCUT2D eigenvalue weighted by atomic mass is 10.0. The van der Waals surface area contributed by atoms with Crippen LogP contribution in [-0.2, 0) is 16.2 Å². The maximum Gasteiger partial charge on any atom is 0.268 e. The van der Waals surface area contributed by atoms with Crippen molar-refractivity contribution in [2.45, 2.75) is 11.4 Å². The molecule has 2 amide bonds. The summed E-state index contributed by atoms with van der Waals surface area (Å²) >= 11 is 1.36. The quantitative estimate of drug-likeness (QED) is 0.606. The Morgan fingerprint density at radius 3 is 2.69 bits per heavy atom. The second kappa shape index (κ2) is 7.81. The molecule has 2 aliphatic heterocycles. The molecule has 32 heavy (non-hydrogen) atoms. The highest BCUT2D eigenvalue weighted by Gasteiger charge is 2.59. The molecule has 1 unspecified atom stereocenters. The Kier molecular flexibility index (Phi) is 4.95. The first-order valence-electron chi connectivity index (χ1n) is 10.2. The minimum absolute atomic E-state index is 0.225. The van der Waals surface area contributed by atoms with Crippen LogP contribution in [0, 0.1) is 17.1 Å². The van der Waals surface area contributed by atoms with Crippen LogP contribution >= 0.6 is 11.8 Å². The molecule has 3 aromatic carbocycles. The lowest BCUT2D eigenvalue weighted by molar-refractivity contribution is -0.123. The largest absolute Gasteiger partial charge is 0.311 e. The third-order valence-electron chi connectivity index (χ3n) is 5.82. The molecule has 1 fully saturated rings. The van der Waals surface area contributed by atoms with E-state index in [4.69, 9.17) is 0 Å². The van der Waals surface area contributed by atoms with Gasteiger partial charge in [0.25, 0.3) is 11.8 Å². The van der Waals surface area contributed by atoms with Crippen molar-refractivity contribution in [3.05, 3.63) is 101 Å². The molecule has 7 heteroatoms. The van der Waals surface area contributed by atoms with Crippen LogP contribution < -0.4 is 4.90 Å². The number of nitriles is 1. The van der Waals surface area contributed by atoms with Crippen LogP contribution in [0.4, 0.5) is 10.1 Å². The number of thioether (sulfide) groups is 1. The van der Waals surface area contributed by atoms with Gasteiger partial charge < -0.3 is 9.80 Å². The standard InChI is InChI=1S/C25H18FN3O2S/c26-20-9-10-22-21(14-20)25(24(31)28(22)16-18-6-4-5-17(13-18)15-27)29(11-12-32-25)23(30)19-7-2-1-3-8-19/h1-10,13-14H,11-12,16H2. The van der Waals surface area contributed by atoms with Gasteiger partial charge in [-0.25, -0.2) is 4.39 Å². The summed E-state index contributed by atoms with van der Waals surface area (Å²) in [6.45, 7) is 0.612. The number of hydrogen-bond donors (Lipinski definition) is 0. The summed E-state index contributed by atoms with van der Waals surface area (Å²) in [6, 6.07) is 22.3. The van der Waals surface area contributed by atoms with E-state index in [0.717, 1.165) is 5.56 Å². The van der Waals surface area contributed by atoms with Crippen molar-refractivity contribution in [1.82, 2.24) is 4.90 Å². The third kappa shape index (κ3) is 3.07. The van der Waals surface area contributed by atoms with E-state index in [9.17, 15) is 19.2 Å². The van der Waals surface area contributed by atoms with Gasteiger partial charge in [-0.15, -0.1) is 11.8 Å². The highest BCUT2D eigenvalue weighted by atomic mass is 32.2. The van der Waals surface area contributed by atoms with Gasteiger partial charge in [-0.1, -0.05) is 30.3 Å². The molecule has 1 atom stereocenters. The van der Waals surface area contributed by atoms with Crippen LogP contribution in [-0.4, -0.2) is 29.0 Å². The van der Waals surface area contributed by atoms with E-state index < -0.39 is 10.7 Å². The number of carbonyl (C=O) groups is 2. The number of halogens is 1. The van der Waals surface area contributed by atoms with Crippen molar-refractivity contribution < 1.29 is 14.0 Å². The zero-order valence-electron chi connectivity index (χ0n) is 17.0. The van der Waals surface area contributed by atoms with Crippen LogP contribution in [0.5, 0.6) is 0 Å². The first kappa shape index (κ1) is 20.3. The monoisotopic (exact) mass is 443 g/mol. The maximum absolute atomic E-state index is 14.4. The molecule has 0 N–H and O–H groups in total. The summed E-state index contributed by atoms with van der Waals surface area (Å²) < 4.78 is 14.4. The van der Waals surface area contributed by atoms with Gasteiger partial charge in [0, 0.05) is 23.4 Å². The Balaban J connectivity index is 1.60. The van der Waals surface area contributed by atoms with Gasteiger partial charge >= 0.3 is 0 Å². The van der Waals surface area contributed by atoms with Crippen LogP contribution in [0.2, 0.25) is 0 Å². The van der Waals surface area contributed by atoms with Crippen LogP contribution in [0.1, 0.15) is 27.0 Å². The molecule has 5 rings (SSSR count). The number of amides is 2. The lowest BCUT2D eigenvalue weighted by Gasteiger charge is -2.33. The number of carbonyl (C=O) groups excluding carboxylic acids is 2. The van der Waals surface area contributed by atoms with Crippen LogP contribution in [0.3, 0.4) is 0 Å². The van der Waals surface area contributed by atoms with Crippen LogP contribution in [0.25, 0.3) is 0 Å². The normalized spacial score (nSPS) is 19.3. The fourth-order valence-corrected chi connectivity index (χ4v) is 5.85. The molecule has 3 aromatic rings. The van der Waals surface area contributed by atoms with Crippen molar-refractivity contribution >= 4 is 29.3 Å². The molecule has 158 valence electrons. The zero-order valence-corrected chi connectivity index (χ0v) is 17.8. The van der Waals surface area contributed by atoms with Gasteiger partial charge in [-0.05, 0) is 48.0 Å². The predicted octanol–water partition coefficient (Wildman–Crippen LogP) is 4.29. The minimum Gasteiger partial charge on any atom is -0.311 e. The summed E-state index contributed by atoms with van der Waals surface area (Å²) in [5.74, 6) is -0.415. The highest BCUT2D eigenvalue weighted by Crippen LogP contribution is 2.54. The van der Waals surface area contributed by atoms with Gasteiger partial charge in [0.1, 0.15) is 5.82 Å². The fraction of sp³-hybridized carbons (Fsp3) is 0.160. The fourth-order valence-electron chi connectivity index (χ4n) is 4.40. The molecule has 0 saturated carbocycles.